The van der Waals surface area contributed by atoms with E-state index in [2.05, 4.69) is 11.6 Å². The molecule has 7 heavy (non-hydrogen) atoms. The monoisotopic (exact) mass is 124 g/mol. The van der Waals surface area contributed by atoms with Crippen LogP contribution in [-0.4, -0.2) is 17.0 Å². The van der Waals surface area contributed by atoms with Gasteiger partial charge in [-0.1, -0.05) is 0 Å². The summed E-state index contributed by atoms with van der Waals surface area (Å²) in [6, 6.07) is 0. The number of rotatable bonds is 0. The average Bonchev–Trinajstić information content (AvgIpc) is 1.33. The van der Waals surface area contributed by atoms with E-state index >= 15 is 0 Å². The van der Waals surface area contributed by atoms with Crippen molar-refractivity contribution in [2.24, 2.45) is 0 Å². The molecule has 0 aliphatic rings. The molecule has 0 bridgehead atoms. The van der Waals surface area contributed by atoms with Crippen LogP contribution in [0.4, 0.5) is 0 Å². The Labute approximate surface area is 48.1 Å². The minimum atomic E-state index is -0.167. The first kappa shape index (κ1) is 10.0. The predicted octanol–water partition coefficient (Wildman–Crippen LogP) is 0.802. The molecule has 0 amide bonds. The molecule has 0 heterocycles. The van der Waals surface area contributed by atoms with E-state index in [4.69, 9.17) is 9.90 Å². The second-order valence-corrected chi connectivity index (χ2v) is 1.36. The van der Waals surface area contributed by atoms with Crippen LogP contribution < -0.4 is 0 Å². The quantitative estimate of drug-likeness (QED) is 0.383. The molecule has 2 nitrogen and oxygen atoms in total. The first-order valence-electron chi connectivity index (χ1n) is 1.87. The zero-order valence-electron chi connectivity index (χ0n) is 4.39. The van der Waals surface area contributed by atoms with Crippen molar-refractivity contribution < 1.29 is 9.90 Å². The molecule has 0 aromatic heterocycles. The van der Waals surface area contributed by atoms with Crippen molar-refractivity contribution in [3.05, 3.63) is 0 Å². The molecule has 0 saturated heterocycles. The zero-order chi connectivity index (χ0) is 6.28. The van der Waals surface area contributed by atoms with E-state index < -0.39 is 0 Å². The molecular weight excluding hydrogens is 115 g/mol. The Kier molecular flexibility index (Phi) is 13.3. The SMILES string of the molecule is CC(C)O.O=CCl. The van der Waals surface area contributed by atoms with E-state index in [1.165, 1.54) is 0 Å². The van der Waals surface area contributed by atoms with Crippen molar-refractivity contribution >= 4 is 17.3 Å². The van der Waals surface area contributed by atoms with Gasteiger partial charge in [0.1, 0.15) is 0 Å². The molecule has 0 spiro atoms. The highest BCUT2D eigenvalue weighted by Crippen LogP contribution is 1.65. The molecule has 0 rings (SSSR count). The predicted molar refractivity (Wildman–Crippen MR) is 30.0 cm³/mol. The average molecular weight is 125 g/mol. The summed E-state index contributed by atoms with van der Waals surface area (Å²) in [5.74, 6) is 0.222. The number of hydrogen-bond acceptors (Lipinski definition) is 2. The maximum atomic E-state index is 8.57. The van der Waals surface area contributed by atoms with Crippen molar-refractivity contribution in [3.63, 3.8) is 0 Å². The normalized spacial score (nSPS) is 7.00. The van der Waals surface area contributed by atoms with Crippen LogP contribution in [0, 0.1) is 0 Å². The van der Waals surface area contributed by atoms with Crippen molar-refractivity contribution in [3.8, 4) is 0 Å². The molecule has 0 radical (unpaired) electrons. The summed E-state index contributed by atoms with van der Waals surface area (Å²) in [7, 11) is 0. The van der Waals surface area contributed by atoms with Crippen molar-refractivity contribution in [2.45, 2.75) is 20.0 Å². The lowest BCUT2D eigenvalue weighted by atomic mass is 10.5. The lowest BCUT2D eigenvalue weighted by molar-refractivity contribution is 0.216. The van der Waals surface area contributed by atoms with Crippen LogP contribution in [0.3, 0.4) is 0 Å². The molecule has 44 valence electrons. The Morgan fingerprint density at radius 3 is 1.71 bits per heavy atom. The Balaban J connectivity index is 0. The maximum Gasteiger partial charge on any atom is 0.208 e. The lowest BCUT2D eigenvalue weighted by Gasteiger charge is -1.80. The minimum absolute atomic E-state index is 0.167. The van der Waals surface area contributed by atoms with E-state index in [1.54, 1.807) is 13.8 Å². The van der Waals surface area contributed by atoms with Gasteiger partial charge in [-0.3, -0.25) is 4.79 Å². The third kappa shape index (κ3) is 14200. The molecule has 0 unspecified atom stereocenters. The number of hydrogen-bond donors (Lipinski definition) is 1. The smallest absolute Gasteiger partial charge is 0.208 e. The van der Waals surface area contributed by atoms with Crippen LogP contribution in [0.25, 0.3) is 0 Å². The van der Waals surface area contributed by atoms with Crippen molar-refractivity contribution in [1.29, 1.82) is 0 Å². The minimum Gasteiger partial charge on any atom is -0.394 e. The van der Waals surface area contributed by atoms with Crippen molar-refractivity contribution in [2.75, 3.05) is 0 Å². The highest BCUT2D eigenvalue weighted by atomic mass is 35.5. The van der Waals surface area contributed by atoms with Gasteiger partial charge >= 0.3 is 0 Å². The first-order valence-corrected chi connectivity index (χ1v) is 2.30. The fourth-order valence-electron chi connectivity index (χ4n) is 0. The molecule has 0 aliphatic carbocycles. The van der Waals surface area contributed by atoms with Crippen LogP contribution in [0.15, 0.2) is 0 Å². The lowest BCUT2D eigenvalue weighted by Crippen LogP contribution is -1.85. The van der Waals surface area contributed by atoms with Gasteiger partial charge in [-0.15, -0.1) is 0 Å². The van der Waals surface area contributed by atoms with Gasteiger partial charge in [0.15, 0.2) is 0 Å². The summed E-state index contributed by atoms with van der Waals surface area (Å²) in [6.45, 7) is 3.44. The van der Waals surface area contributed by atoms with Crippen LogP contribution >= 0.6 is 11.6 Å². The molecular formula is C4H9ClO2. The van der Waals surface area contributed by atoms with E-state index in [0.29, 0.717) is 0 Å². The zero-order valence-corrected chi connectivity index (χ0v) is 5.14. The number of carbonyl (C=O) groups is 1. The second-order valence-electron chi connectivity index (χ2n) is 1.18. The topological polar surface area (TPSA) is 37.3 Å². The maximum absolute atomic E-state index is 8.57. The Hall–Kier alpha value is -0.0800. The number of aliphatic hydroxyl groups is 1. The third-order valence-electron chi connectivity index (χ3n) is 0. The number of carbonyl (C=O) groups excluding carboxylic acids is 1. The summed E-state index contributed by atoms with van der Waals surface area (Å²) in [5, 5.41) is 8.06. The van der Waals surface area contributed by atoms with Crippen molar-refractivity contribution in [1.82, 2.24) is 0 Å². The molecule has 0 aliphatic heterocycles. The first-order chi connectivity index (χ1) is 3.15. The van der Waals surface area contributed by atoms with Gasteiger partial charge < -0.3 is 5.11 Å². The summed E-state index contributed by atoms with van der Waals surface area (Å²) >= 11 is 4.32. The van der Waals surface area contributed by atoms with Gasteiger partial charge in [0, 0.05) is 6.10 Å². The highest BCUT2D eigenvalue weighted by molar-refractivity contribution is 6.54. The number of aliphatic hydroxyl groups excluding tert-OH is 1. The van der Waals surface area contributed by atoms with Crippen LogP contribution in [-0.2, 0) is 4.79 Å². The van der Waals surface area contributed by atoms with Gasteiger partial charge in [-0.05, 0) is 25.4 Å². The van der Waals surface area contributed by atoms with Gasteiger partial charge in [0.2, 0.25) is 5.75 Å². The fraction of sp³-hybridized carbons (Fsp3) is 0.750. The van der Waals surface area contributed by atoms with Gasteiger partial charge in [0.25, 0.3) is 0 Å². The summed E-state index contributed by atoms with van der Waals surface area (Å²) in [4.78, 5) is 8.57. The van der Waals surface area contributed by atoms with Gasteiger partial charge in [-0.25, -0.2) is 0 Å². The summed E-state index contributed by atoms with van der Waals surface area (Å²) in [6.07, 6.45) is -0.167. The van der Waals surface area contributed by atoms with Crippen LogP contribution in [0.2, 0.25) is 0 Å². The van der Waals surface area contributed by atoms with Crippen LogP contribution in [0.1, 0.15) is 13.8 Å². The second kappa shape index (κ2) is 9.33. The van der Waals surface area contributed by atoms with E-state index in [9.17, 15) is 0 Å². The largest absolute Gasteiger partial charge is 0.394 e. The molecule has 0 aromatic carbocycles. The Morgan fingerprint density at radius 2 is 1.71 bits per heavy atom. The van der Waals surface area contributed by atoms with E-state index in [0.717, 1.165) is 0 Å². The van der Waals surface area contributed by atoms with E-state index in [1.807, 2.05) is 0 Å². The van der Waals surface area contributed by atoms with Gasteiger partial charge in [-0.2, -0.15) is 0 Å². The molecule has 0 atom stereocenters. The molecule has 1 N–H and O–H groups in total. The summed E-state index contributed by atoms with van der Waals surface area (Å²) < 4.78 is 0. The molecule has 0 aromatic rings. The number of halogens is 1. The fourth-order valence-corrected chi connectivity index (χ4v) is 0. The summed E-state index contributed by atoms with van der Waals surface area (Å²) in [5.41, 5.74) is 0. The highest BCUT2D eigenvalue weighted by Gasteiger charge is 1.69. The van der Waals surface area contributed by atoms with Crippen LogP contribution in [0.5, 0.6) is 0 Å². The molecule has 0 fully saturated rings. The Bertz CT molecular complexity index is 33.9. The molecule has 0 saturated carbocycles. The van der Waals surface area contributed by atoms with E-state index in [-0.39, 0.29) is 11.8 Å². The molecule has 3 heteroatoms. The third-order valence-corrected chi connectivity index (χ3v) is 0. The van der Waals surface area contributed by atoms with Gasteiger partial charge in [0.05, 0.1) is 0 Å². The Morgan fingerprint density at radius 1 is 1.71 bits per heavy atom. The standard InChI is InChI=1S/C3H8O.CHClO/c1-3(2)4;2-1-3/h3-4H,1-2H3;1H.